The van der Waals surface area contributed by atoms with E-state index in [1.54, 1.807) is 6.07 Å². The number of aliphatic hydroxyl groups is 1. The van der Waals surface area contributed by atoms with Crippen molar-refractivity contribution in [2.45, 2.75) is 25.0 Å². The zero-order valence-electron chi connectivity index (χ0n) is 14.2. The van der Waals surface area contributed by atoms with E-state index in [-0.39, 0.29) is 12.0 Å². The van der Waals surface area contributed by atoms with E-state index < -0.39 is 12.0 Å². The molecule has 0 fully saturated rings. The Balaban J connectivity index is 1.57. The highest BCUT2D eigenvalue weighted by atomic mass is 16.3. The Morgan fingerprint density at radius 1 is 1.19 bits per heavy atom. The minimum absolute atomic E-state index is 0.0542. The molecule has 1 aliphatic heterocycles. The molecular formula is C21H19N3O2. The van der Waals surface area contributed by atoms with Crippen molar-refractivity contribution in [1.82, 2.24) is 9.55 Å². The van der Waals surface area contributed by atoms with Crippen molar-refractivity contribution < 1.29 is 9.90 Å². The van der Waals surface area contributed by atoms with Crippen molar-refractivity contribution >= 4 is 5.91 Å². The first-order valence-electron chi connectivity index (χ1n) is 8.87. The Bertz CT molecular complexity index is 1020. The van der Waals surface area contributed by atoms with Gasteiger partial charge in [-0.1, -0.05) is 30.3 Å². The fraction of sp³-hybridized carbons (Fsp3) is 0.238. The van der Waals surface area contributed by atoms with Crippen LogP contribution in [-0.2, 0) is 6.42 Å². The summed E-state index contributed by atoms with van der Waals surface area (Å²) < 4.78 is 2.18. The summed E-state index contributed by atoms with van der Waals surface area (Å²) in [7, 11) is 0. The molecule has 2 aliphatic rings. The lowest BCUT2D eigenvalue weighted by atomic mass is 9.75. The molecule has 0 radical (unpaired) electrons. The van der Waals surface area contributed by atoms with Gasteiger partial charge in [0.05, 0.1) is 30.4 Å². The standard InChI is InChI=1S/C21H19N3O2/c22-21(26)13-6-7-14-12(9-13)5-8-17(20(14)25)19-16-4-2-1-3-15(16)18-10-23-11-24(18)19/h1-4,6-7,9-11,17,19-20,25H,5,8H2,(H2,22,26)/t17-,19+,20+/m0/s1. The Labute approximate surface area is 151 Å². The Morgan fingerprint density at radius 3 is 2.88 bits per heavy atom. The second kappa shape index (κ2) is 5.54. The van der Waals surface area contributed by atoms with E-state index in [1.807, 2.05) is 36.8 Å². The molecule has 5 nitrogen and oxygen atoms in total. The van der Waals surface area contributed by atoms with E-state index >= 15 is 0 Å². The van der Waals surface area contributed by atoms with Crippen molar-refractivity contribution in [3.63, 3.8) is 0 Å². The molecule has 3 aromatic rings. The van der Waals surface area contributed by atoms with Gasteiger partial charge >= 0.3 is 0 Å². The lowest BCUT2D eigenvalue weighted by molar-refractivity contribution is 0.0719. The number of amides is 1. The fourth-order valence-corrected chi connectivity index (χ4v) is 4.62. The third kappa shape index (κ3) is 2.07. The smallest absolute Gasteiger partial charge is 0.248 e. The van der Waals surface area contributed by atoms with Crippen molar-refractivity contribution in [3.8, 4) is 11.3 Å². The summed E-state index contributed by atoms with van der Waals surface area (Å²) in [6, 6.07) is 13.8. The van der Waals surface area contributed by atoms with Gasteiger partial charge in [-0.3, -0.25) is 4.79 Å². The molecule has 0 saturated carbocycles. The maximum absolute atomic E-state index is 11.4. The molecule has 2 aromatic carbocycles. The lowest BCUT2D eigenvalue weighted by Crippen LogP contribution is -2.29. The SMILES string of the molecule is NC(=O)c1ccc2c(c1)CC[C@@H]([C@H]1c3ccccc3-c3cncn31)[C@@H]2O. The van der Waals surface area contributed by atoms with Crippen LogP contribution >= 0.6 is 0 Å². The summed E-state index contributed by atoms with van der Waals surface area (Å²) in [5.74, 6) is -0.379. The number of hydrogen-bond acceptors (Lipinski definition) is 3. The van der Waals surface area contributed by atoms with Gasteiger partial charge in [-0.05, 0) is 41.7 Å². The molecule has 1 aromatic heterocycles. The molecule has 0 bridgehead atoms. The van der Waals surface area contributed by atoms with Gasteiger partial charge in [-0.2, -0.15) is 0 Å². The molecule has 26 heavy (non-hydrogen) atoms. The predicted molar refractivity (Wildman–Crippen MR) is 97.5 cm³/mol. The number of nitrogens with two attached hydrogens (primary N) is 1. The molecule has 0 spiro atoms. The van der Waals surface area contributed by atoms with E-state index in [2.05, 4.69) is 21.7 Å². The minimum Gasteiger partial charge on any atom is -0.388 e. The normalized spacial score (nSPS) is 23.2. The Morgan fingerprint density at radius 2 is 2.04 bits per heavy atom. The van der Waals surface area contributed by atoms with Gasteiger partial charge in [0.15, 0.2) is 0 Å². The molecule has 1 amide bonds. The number of hydrogen-bond donors (Lipinski definition) is 2. The van der Waals surface area contributed by atoms with Crippen LogP contribution in [0.25, 0.3) is 11.3 Å². The highest BCUT2D eigenvalue weighted by molar-refractivity contribution is 5.93. The van der Waals surface area contributed by atoms with Gasteiger partial charge in [0.2, 0.25) is 5.91 Å². The summed E-state index contributed by atoms with van der Waals surface area (Å²) in [5, 5.41) is 11.1. The number of imidazole rings is 1. The topological polar surface area (TPSA) is 81.1 Å². The predicted octanol–water partition coefficient (Wildman–Crippen LogP) is 2.85. The molecule has 0 saturated heterocycles. The second-order valence-corrected chi connectivity index (χ2v) is 7.14. The second-order valence-electron chi connectivity index (χ2n) is 7.14. The highest BCUT2D eigenvalue weighted by Crippen LogP contribution is 2.49. The van der Waals surface area contributed by atoms with Crippen LogP contribution in [0.2, 0.25) is 0 Å². The van der Waals surface area contributed by atoms with E-state index in [0.717, 1.165) is 29.7 Å². The van der Waals surface area contributed by atoms with Gasteiger partial charge in [-0.15, -0.1) is 0 Å². The molecule has 130 valence electrons. The number of benzene rings is 2. The van der Waals surface area contributed by atoms with Gasteiger partial charge < -0.3 is 15.4 Å². The van der Waals surface area contributed by atoms with E-state index in [9.17, 15) is 9.90 Å². The first-order valence-corrected chi connectivity index (χ1v) is 8.87. The quantitative estimate of drug-likeness (QED) is 0.749. The summed E-state index contributed by atoms with van der Waals surface area (Å²) in [6.07, 6.45) is 4.82. The molecule has 5 rings (SSSR count). The van der Waals surface area contributed by atoms with E-state index in [1.165, 1.54) is 11.1 Å². The number of aryl methyl sites for hydroxylation is 1. The van der Waals surface area contributed by atoms with Crippen molar-refractivity contribution in [3.05, 3.63) is 77.2 Å². The summed E-state index contributed by atoms with van der Waals surface area (Å²) in [5.41, 5.74) is 11.3. The van der Waals surface area contributed by atoms with Crippen LogP contribution in [0.3, 0.4) is 0 Å². The minimum atomic E-state index is -0.591. The fourth-order valence-electron chi connectivity index (χ4n) is 4.62. The Kier molecular flexibility index (Phi) is 3.27. The lowest BCUT2D eigenvalue weighted by Gasteiger charge is -2.35. The number of fused-ring (bicyclic) bond motifs is 4. The Hall–Kier alpha value is -2.92. The molecular weight excluding hydrogens is 326 g/mol. The molecule has 5 heteroatoms. The van der Waals surface area contributed by atoms with Crippen LogP contribution in [0.4, 0.5) is 0 Å². The van der Waals surface area contributed by atoms with E-state index in [4.69, 9.17) is 5.73 Å². The molecule has 0 unspecified atom stereocenters. The number of rotatable bonds is 2. The number of aliphatic hydroxyl groups excluding tert-OH is 1. The number of aromatic nitrogens is 2. The average Bonchev–Trinajstić information content (AvgIpc) is 3.23. The summed E-state index contributed by atoms with van der Waals surface area (Å²) >= 11 is 0. The maximum Gasteiger partial charge on any atom is 0.248 e. The third-order valence-corrected chi connectivity index (χ3v) is 5.83. The van der Waals surface area contributed by atoms with Crippen LogP contribution in [0.1, 0.15) is 45.6 Å². The van der Waals surface area contributed by atoms with Crippen LogP contribution in [0.15, 0.2) is 55.0 Å². The highest BCUT2D eigenvalue weighted by Gasteiger charge is 2.40. The van der Waals surface area contributed by atoms with Crippen LogP contribution in [0.5, 0.6) is 0 Å². The van der Waals surface area contributed by atoms with Gasteiger partial charge in [-0.25, -0.2) is 4.98 Å². The van der Waals surface area contributed by atoms with Crippen molar-refractivity contribution in [1.29, 1.82) is 0 Å². The molecule has 1 aliphatic carbocycles. The van der Waals surface area contributed by atoms with E-state index in [0.29, 0.717) is 5.56 Å². The first kappa shape index (κ1) is 15.3. The third-order valence-electron chi connectivity index (χ3n) is 5.83. The average molecular weight is 345 g/mol. The monoisotopic (exact) mass is 345 g/mol. The maximum atomic E-state index is 11.4. The van der Waals surface area contributed by atoms with Gasteiger partial charge in [0.1, 0.15) is 0 Å². The van der Waals surface area contributed by atoms with Crippen LogP contribution in [0, 0.1) is 5.92 Å². The van der Waals surface area contributed by atoms with Crippen molar-refractivity contribution in [2.75, 3.05) is 0 Å². The number of primary amides is 1. The largest absolute Gasteiger partial charge is 0.388 e. The summed E-state index contributed by atoms with van der Waals surface area (Å²) in [6.45, 7) is 0. The molecule has 2 heterocycles. The van der Waals surface area contributed by atoms with Gasteiger partial charge in [0.25, 0.3) is 0 Å². The number of carbonyl (C=O) groups excluding carboxylic acids is 1. The number of carbonyl (C=O) groups is 1. The summed E-state index contributed by atoms with van der Waals surface area (Å²) in [4.78, 5) is 15.8. The number of nitrogens with zero attached hydrogens (tertiary/aromatic N) is 2. The van der Waals surface area contributed by atoms with Crippen LogP contribution in [-0.4, -0.2) is 20.6 Å². The zero-order chi connectivity index (χ0) is 17.8. The van der Waals surface area contributed by atoms with Crippen molar-refractivity contribution in [2.24, 2.45) is 11.7 Å². The first-order chi connectivity index (χ1) is 12.6. The molecule has 3 atom stereocenters. The zero-order valence-corrected chi connectivity index (χ0v) is 14.2. The molecule has 3 N–H and O–H groups in total. The van der Waals surface area contributed by atoms with Crippen LogP contribution < -0.4 is 5.73 Å². The van der Waals surface area contributed by atoms with Gasteiger partial charge in [0, 0.05) is 17.0 Å².